The topological polar surface area (TPSA) is 47.2 Å². The van der Waals surface area contributed by atoms with Gasteiger partial charge in [-0.1, -0.05) is 17.7 Å². The maximum Gasteiger partial charge on any atom is 0.177 e. The summed E-state index contributed by atoms with van der Waals surface area (Å²) in [5.41, 5.74) is 3.68. The second kappa shape index (κ2) is 4.92. The van der Waals surface area contributed by atoms with Crippen molar-refractivity contribution < 1.29 is 0 Å². The van der Waals surface area contributed by atoms with Gasteiger partial charge in [-0.15, -0.1) is 0 Å². The van der Waals surface area contributed by atoms with Crippen LogP contribution in [0.1, 0.15) is 17.1 Å². The number of nitrogens with zero attached hydrogens (tertiary/aromatic N) is 4. The molecule has 0 saturated heterocycles. The zero-order chi connectivity index (χ0) is 14.3. The molecule has 0 aliphatic carbocycles. The summed E-state index contributed by atoms with van der Waals surface area (Å²) in [5, 5.41) is 8.37. The Morgan fingerprint density at radius 1 is 1.30 bits per heavy atom. The van der Waals surface area contributed by atoms with E-state index in [0.717, 1.165) is 28.5 Å². The highest BCUT2D eigenvalue weighted by Gasteiger charge is 2.18. The third-order valence-corrected chi connectivity index (χ3v) is 3.90. The molecule has 0 amide bonds. The van der Waals surface area contributed by atoms with Crippen LogP contribution in [-0.2, 0) is 6.54 Å². The predicted molar refractivity (Wildman–Crippen MR) is 79.6 cm³/mol. The highest BCUT2D eigenvalue weighted by molar-refractivity contribution is 6.31. The van der Waals surface area contributed by atoms with E-state index in [0.29, 0.717) is 11.6 Å². The fourth-order valence-corrected chi connectivity index (χ4v) is 2.48. The first-order chi connectivity index (χ1) is 9.63. The predicted octanol–water partition coefficient (Wildman–Crippen LogP) is 2.51. The summed E-state index contributed by atoms with van der Waals surface area (Å²) in [6, 6.07) is 5.95. The van der Waals surface area contributed by atoms with Gasteiger partial charge in [0.05, 0.1) is 22.1 Å². The third kappa shape index (κ3) is 1.90. The van der Waals surface area contributed by atoms with Crippen LogP contribution < -0.4 is 5.32 Å². The molecular weight excluding hydrogens is 274 g/mol. The lowest BCUT2D eigenvalue weighted by Crippen LogP contribution is -2.12. The van der Waals surface area contributed by atoms with E-state index in [1.165, 1.54) is 0 Å². The highest BCUT2D eigenvalue weighted by atomic mass is 35.5. The molecule has 0 aliphatic heterocycles. The average molecular weight is 290 g/mol. The van der Waals surface area contributed by atoms with E-state index in [4.69, 9.17) is 11.6 Å². The fraction of sp³-hybridized carbons (Fsp3) is 0.286. The van der Waals surface area contributed by atoms with Gasteiger partial charge in [-0.25, -0.2) is 9.67 Å². The molecular formula is C14H16ClN5. The van der Waals surface area contributed by atoms with Crippen molar-refractivity contribution >= 4 is 17.2 Å². The van der Waals surface area contributed by atoms with E-state index in [1.54, 1.807) is 0 Å². The van der Waals surface area contributed by atoms with E-state index in [-0.39, 0.29) is 0 Å². The molecule has 5 nitrogen and oxygen atoms in total. The minimum Gasteiger partial charge on any atom is -0.314 e. The Kier molecular flexibility index (Phi) is 3.23. The molecule has 3 rings (SSSR count). The summed E-state index contributed by atoms with van der Waals surface area (Å²) in [6.07, 6.45) is 2.01. The van der Waals surface area contributed by atoms with Crippen LogP contribution in [0.3, 0.4) is 0 Å². The molecule has 3 aromatic heterocycles. The Balaban J connectivity index is 2.29. The van der Waals surface area contributed by atoms with Crippen LogP contribution in [0.4, 0.5) is 0 Å². The number of hydrogen-bond acceptors (Lipinski definition) is 3. The Hall–Kier alpha value is -1.85. The number of aromatic nitrogens is 4. The monoisotopic (exact) mass is 289 g/mol. The van der Waals surface area contributed by atoms with E-state index >= 15 is 0 Å². The van der Waals surface area contributed by atoms with E-state index in [9.17, 15) is 0 Å². The first kappa shape index (κ1) is 13.1. The number of nitrogens with one attached hydrogen (secondary N) is 1. The Morgan fingerprint density at radius 2 is 2.10 bits per heavy atom. The lowest BCUT2D eigenvalue weighted by atomic mass is 10.3. The van der Waals surface area contributed by atoms with Gasteiger partial charge in [0, 0.05) is 12.7 Å². The number of fused-ring (bicyclic) bond motifs is 1. The van der Waals surface area contributed by atoms with Crippen LogP contribution in [0.5, 0.6) is 0 Å². The van der Waals surface area contributed by atoms with E-state index in [1.807, 2.05) is 50.0 Å². The summed E-state index contributed by atoms with van der Waals surface area (Å²) in [7, 11) is 1.92. The Labute approximate surface area is 122 Å². The number of pyridine rings is 1. The molecule has 0 spiro atoms. The number of hydrogen-bond donors (Lipinski definition) is 1. The van der Waals surface area contributed by atoms with Crippen molar-refractivity contribution in [2.24, 2.45) is 0 Å². The first-order valence-corrected chi connectivity index (χ1v) is 6.84. The van der Waals surface area contributed by atoms with Gasteiger partial charge in [-0.2, -0.15) is 5.10 Å². The summed E-state index contributed by atoms with van der Waals surface area (Å²) in [4.78, 5) is 4.68. The lowest BCUT2D eigenvalue weighted by molar-refractivity contribution is 0.744. The molecule has 0 saturated carbocycles. The number of rotatable bonds is 3. The minimum absolute atomic E-state index is 0.692. The number of aryl methyl sites for hydroxylation is 1. The molecule has 3 heterocycles. The molecule has 0 aromatic carbocycles. The van der Waals surface area contributed by atoms with Crippen LogP contribution in [0.15, 0.2) is 24.4 Å². The molecule has 6 heteroatoms. The summed E-state index contributed by atoms with van der Waals surface area (Å²) in [6.45, 7) is 4.56. The van der Waals surface area contributed by atoms with Gasteiger partial charge in [0.2, 0.25) is 0 Å². The van der Waals surface area contributed by atoms with Gasteiger partial charge in [0.15, 0.2) is 5.82 Å². The van der Waals surface area contributed by atoms with Gasteiger partial charge >= 0.3 is 0 Å². The molecule has 0 bridgehead atoms. The van der Waals surface area contributed by atoms with Crippen molar-refractivity contribution in [2.45, 2.75) is 20.4 Å². The molecule has 0 aliphatic rings. The Bertz CT molecular complexity index is 771. The van der Waals surface area contributed by atoms with Crippen LogP contribution in [0.25, 0.3) is 11.5 Å². The molecule has 3 aromatic rings. The molecule has 0 radical (unpaired) electrons. The van der Waals surface area contributed by atoms with Crippen molar-refractivity contribution in [3.05, 3.63) is 46.5 Å². The average Bonchev–Trinajstić information content (AvgIpc) is 2.93. The van der Waals surface area contributed by atoms with Gasteiger partial charge in [0.1, 0.15) is 5.65 Å². The SMILES string of the molecule is CNCc1c(-n2nc(C)c(Cl)c2C)nc2ccccn12. The molecule has 1 N–H and O–H groups in total. The molecule has 104 valence electrons. The molecule has 0 fully saturated rings. The quantitative estimate of drug-likeness (QED) is 0.806. The van der Waals surface area contributed by atoms with Crippen molar-refractivity contribution in [3.63, 3.8) is 0 Å². The van der Waals surface area contributed by atoms with Crippen molar-refractivity contribution in [3.8, 4) is 5.82 Å². The summed E-state index contributed by atoms with van der Waals surface area (Å²) < 4.78 is 3.88. The maximum atomic E-state index is 6.24. The standard InChI is InChI=1S/C14H16ClN5/c1-9-13(15)10(2)20(18-9)14-11(8-16-3)19-7-5-4-6-12(19)17-14/h4-7,16H,8H2,1-3H3. The summed E-state index contributed by atoms with van der Waals surface area (Å²) >= 11 is 6.24. The van der Waals surface area contributed by atoms with Crippen LogP contribution >= 0.6 is 11.6 Å². The van der Waals surface area contributed by atoms with Crippen LogP contribution in [0.2, 0.25) is 5.02 Å². The zero-order valence-corrected chi connectivity index (χ0v) is 12.4. The smallest absolute Gasteiger partial charge is 0.177 e. The largest absolute Gasteiger partial charge is 0.314 e. The number of halogens is 1. The van der Waals surface area contributed by atoms with Crippen LogP contribution in [0, 0.1) is 13.8 Å². The second-order valence-corrected chi connectivity index (χ2v) is 5.12. The van der Waals surface area contributed by atoms with Gasteiger partial charge in [0.25, 0.3) is 0 Å². The van der Waals surface area contributed by atoms with Crippen molar-refractivity contribution in [1.29, 1.82) is 0 Å². The van der Waals surface area contributed by atoms with Gasteiger partial charge in [-0.3, -0.25) is 0 Å². The number of imidazole rings is 1. The van der Waals surface area contributed by atoms with E-state index < -0.39 is 0 Å². The Morgan fingerprint density at radius 3 is 2.75 bits per heavy atom. The zero-order valence-electron chi connectivity index (χ0n) is 11.7. The summed E-state index contributed by atoms with van der Waals surface area (Å²) in [5.74, 6) is 0.818. The maximum absolute atomic E-state index is 6.24. The van der Waals surface area contributed by atoms with E-state index in [2.05, 4.69) is 19.8 Å². The molecule has 0 unspecified atom stereocenters. The lowest BCUT2D eigenvalue weighted by Gasteiger charge is -2.05. The van der Waals surface area contributed by atoms with Gasteiger partial charge < -0.3 is 9.72 Å². The first-order valence-electron chi connectivity index (χ1n) is 6.46. The normalized spacial score (nSPS) is 11.4. The highest BCUT2D eigenvalue weighted by Crippen LogP contribution is 2.24. The minimum atomic E-state index is 0.692. The third-order valence-electron chi connectivity index (χ3n) is 3.36. The van der Waals surface area contributed by atoms with Crippen LogP contribution in [-0.4, -0.2) is 26.2 Å². The van der Waals surface area contributed by atoms with Gasteiger partial charge in [-0.05, 0) is 33.0 Å². The fourth-order valence-electron chi connectivity index (χ4n) is 2.37. The molecule has 20 heavy (non-hydrogen) atoms. The second-order valence-electron chi connectivity index (χ2n) is 4.74. The van der Waals surface area contributed by atoms with Crippen molar-refractivity contribution in [2.75, 3.05) is 7.05 Å². The van der Waals surface area contributed by atoms with Crippen molar-refractivity contribution in [1.82, 2.24) is 24.5 Å². The molecule has 0 atom stereocenters.